The monoisotopic (exact) mass is 183 g/mol. The lowest BCUT2D eigenvalue weighted by Crippen LogP contribution is -2.07. The van der Waals surface area contributed by atoms with Gasteiger partial charge in [-0.05, 0) is 6.07 Å². The highest BCUT2D eigenvalue weighted by molar-refractivity contribution is 5.90. The second kappa shape index (κ2) is 3.05. The van der Waals surface area contributed by atoms with Crippen molar-refractivity contribution >= 4 is 17.5 Å². The number of nitrogens with two attached hydrogens (primary N) is 1. The number of carbonyl (C=O) groups is 1. The summed E-state index contributed by atoms with van der Waals surface area (Å²) in [6, 6.07) is 2.18. The van der Waals surface area contributed by atoms with Gasteiger partial charge in [-0.2, -0.15) is 0 Å². The summed E-state index contributed by atoms with van der Waals surface area (Å²) in [6.07, 6.45) is 0. The van der Waals surface area contributed by atoms with Gasteiger partial charge in [-0.3, -0.25) is 10.1 Å². The minimum absolute atomic E-state index is 0.0667. The van der Waals surface area contributed by atoms with Gasteiger partial charge in [0, 0.05) is 6.07 Å². The Hall–Kier alpha value is -2.18. The lowest BCUT2D eigenvalue weighted by atomic mass is 10.3. The summed E-state index contributed by atoms with van der Waals surface area (Å²) in [5.74, 6) is -1.54. The molecule has 0 aliphatic heterocycles. The summed E-state index contributed by atoms with van der Waals surface area (Å²) in [4.78, 5) is 23.3. The molecule has 68 valence electrons. The van der Waals surface area contributed by atoms with Crippen LogP contribution in [0.5, 0.6) is 0 Å². The van der Waals surface area contributed by atoms with Crippen molar-refractivity contribution < 1.29 is 14.8 Å². The van der Waals surface area contributed by atoms with Crippen LogP contribution in [0.1, 0.15) is 10.5 Å². The molecule has 0 unspecified atom stereocenters. The van der Waals surface area contributed by atoms with Crippen LogP contribution in [0.25, 0.3) is 0 Å². The van der Waals surface area contributed by atoms with Crippen LogP contribution < -0.4 is 5.73 Å². The minimum atomic E-state index is -1.47. The third-order valence-corrected chi connectivity index (χ3v) is 1.29. The number of rotatable bonds is 2. The van der Waals surface area contributed by atoms with Crippen molar-refractivity contribution in [2.75, 3.05) is 5.73 Å². The normalized spacial score (nSPS) is 9.54. The number of nitro groups is 1. The first-order valence-corrected chi connectivity index (χ1v) is 3.16. The van der Waals surface area contributed by atoms with Gasteiger partial charge in [0.25, 0.3) is 0 Å². The van der Waals surface area contributed by atoms with E-state index in [9.17, 15) is 14.9 Å². The average molecular weight is 183 g/mol. The topological polar surface area (TPSA) is 119 Å². The molecule has 0 spiro atoms. The number of anilines is 1. The molecule has 0 radical (unpaired) electrons. The standard InChI is InChI=1S/C6H5N3O4/c7-4-2-1-3(9(12)13)5(8-4)6(10)11/h1-2H,(H2,7,8)(H,10,11). The van der Waals surface area contributed by atoms with Crippen LogP contribution in [-0.2, 0) is 0 Å². The Labute approximate surface area is 72.0 Å². The number of aromatic nitrogens is 1. The maximum absolute atomic E-state index is 10.5. The maximum atomic E-state index is 10.5. The predicted octanol–water partition coefficient (Wildman–Crippen LogP) is 0.270. The lowest BCUT2D eigenvalue weighted by molar-refractivity contribution is -0.385. The number of hydrogen-bond donors (Lipinski definition) is 2. The molecule has 0 saturated heterocycles. The highest BCUT2D eigenvalue weighted by Gasteiger charge is 2.21. The van der Waals surface area contributed by atoms with E-state index in [1.54, 1.807) is 0 Å². The number of hydrogen-bond acceptors (Lipinski definition) is 5. The van der Waals surface area contributed by atoms with Crippen molar-refractivity contribution in [1.29, 1.82) is 0 Å². The molecule has 0 atom stereocenters. The third-order valence-electron chi connectivity index (χ3n) is 1.29. The molecular weight excluding hydrogens is 178 g/mol. The summed E-state index contributed by atoms with van der Waals surface area (Å²) in [5.41, 5.74) is 3.95. The molecule has 0 amide bonds. The van der Waals surface area contributed by atoms with Crippen LogP contribution in [0, 0.1) is 10.1 Å². The molecule has 13 heavy (non-hydrogen) atoms. The van der Waals surface area contributed by atoms with Crippen LogP contribution in [0.4, 0.5) is 11.5 Å². The van der Waals surface area contributed by atoms with Crippen molar-refractivity contribution in [3.05, 3.63) is 27.9 Å². The zero-order valence-electron chi connectivity index (χ0n) is 6.30. The molecule has 0 aliphatic carbocycles. The Bertz CT molecular complexity index is 376. The molecule has 1 heterocycles. The second-order valence-electron chi connectivity index (χ2n) is 2.17. The maximum Gasteiger partial charge on any atom is 0.361 e. The number of carboxylic acids is 1. The van der Waals surface area contributed by atoms with E-state index < -0.39 is 22.3 Å². The van der Waals surface area contributed by atoms with Crippen LogP contribution in [0.15, 0.2) is 12.1 Å². The minimum Gasteiger partial charge on any atom is -0.476 e. The smallest absolute Gasteiger partial charge is 0.361 e. The largest absolute Gasteiger partial charge is 0.476 e. The van der Waals surface area contributed by atoms with Gasteiger partial charge in [-0.25, -0.2) is 9.78 Å². The average Bonchev–Trinajstić information content (AvgIpc) is 2.03. The highest BCUT2D eigenvalue weighted by atomic mass is 16.6. The third kappa shape index (κ3) is 1.70. The fourth-order valence-corrected chi connectivity index (χ4v) is 0.772. The fraction of sp³-hybridized carbons (Fsp3) is 0. The molecule has 0 fully saturated rings. The van der Waals surface area contributed by atoms with Gasteiger partial charge < -0.3 is 10.8 Å². The van der Waals surface area contributed by atoms with Crippen molar-refractivity contribution in [3.8, 4) is 0 Å². The van der Waals surface area contributed by atoms with E-state index in [4.69, 9.17) is 10.8 Å². The first kappa shape index (κ1) is 8.91. The van der Waals surface area contributed by atoms with Crippen LogP contribution in [0.2, 0.25) is 0 Å². The van der Waals surface area contributed by atoms with Crippen LogP contribution >= 0.6 is 0 Å². The van der Waals surface area contributed by atoms with Crippen molar-refractivity contribution in [1.82, 2.24) is 4.98 Å². The lowest BCUT2D eigenvalue weighted by Gasteiger charge is -1.97. The molecule has 0 aliphatic rings. The molecule has 7 nitrogen and oxygen atoms in total. The van der Waals surface area contributed by atoms with E-state index in [0.717, 1.165) is 6.07 Å². The number of carboxylic acid groups (broad SMARTS) is 1. The van der Waals surface area contributed by atoms with Crippen molar-refractivity contribution in [3.63, 3.8) is 0 Å². The molecule has 1 rings (SSSR count). The Morgan fingerprint density at radius 2 is 2.23 bits per heavy atom. The zero-order chi connectivity index (χ0) is 10.0. The number of nitrogens with zero attached hydrogens (tertiary/aromatic N) is 2. The Kier molecular flexibility index (Phi) is 2.09. The summed E-state index contributed by atoms with van der Waals surface area (Å²) in [5, 5.41) is 18.8. The molecule has 7 heteroatoms. The second-order valence-corrected chi connectivity index (χ2v) is 2.17. The first-order valence-electron chi connectivity index (χ1n) is 3.16. The molecule has 0 aromatic carbocycles. The van der Waals surface area contributed by atoms with E-state index in [1.165, 1.54) is 6.07 Å². The van der Waals surface area contributed by atoms with Gasteiger partial charge >= 0.3 is 11.7 Å². The number of nitrogen functional groups attached to an aromatic ring is 1. The summed E-state index contributed by atoms with van der Waals surface area (Å²) >= 11 is 0. The van der Waals surface area contributed by atoms with Crippen molar-refractivity contribution in [2.24, 2.45) is 0 Å². The quantitative estimate of drug-likeness (QED) is 0.501. The van der Waals surface area contributed by atoms with Crippen molar-refractivity contribution in [2.45, 2.75) is 0 Å². The van der Waals surface area contributed by atoms with E-state index >= 15 is 0 Å². The van der Waals surface area contributed by atoms with Gasteiger partial charge in [0.1, 0.15) is 5.82 Å². The summed E-state index contributed by atoms with van der Waals surface area (Å²) in [7, 11) is 0. The van der Waals surface area contributed by atoms with Gasteiger partial charge in [-0.1, -0.05) is 0 Å². The Morgan fingerprint density at radius 1 is 1.62 bits per heavy atom. The zero-order valence-corrected chi connectivity index (χ0v) is 6.30. The molecule has 1 aromatic heterocycles. The molecular formula is C6H5N3O4. The Morgan fingerprint density at radius 3 is 2.69 bits per heavy atom. The van der Waals surface area contributed by atoms with E-state index in [2.05, 4.69) is 4.98 Å². The predicted molar refractivity (Wildman–Crippen MR) is 42.3 cm³/mol. The van der Waals surface area contributed by atoms with Crippen LogP contribution in [0.3, 0.4) is 0 Å². The SMILES string of the molecule is Nc1ccc([N+](=O)[O-])c(C(=O)O)n1. The summed E-state index contributed by atoms with van der Waals surface area (Å²) in [6.45, 7) is 0. The number of aromatic carboxylic acids is 1. The van der Waals surface area contributed by atoms with Gasteiger partial charge in [0.2, 0.25) is 5.69 Å². The Balaban J connectivity index is 3.35. The van der Waals surface area contributed by atoms with Gasteiger partial charge in [-0.15, -0.1) is 0 Å². The molecule has 3 N–H and O–H groups in total. The first-order chi connectivity index (χ1) is 6.02. The van der Waals surface area contributed by atoms with E-state index in [-0.39, 0.29) is 5.82 Å². The fourth-order valence-electron chi connectivity index (χ4n) is 0.772. The molecule has 0 saturated carbocycles. The van der Waals surface area contributed by atoms with E-state index in [0.29, 0.717) is 0 Å². The number of pyridine rings is 1. The molecule has 1 aromatic rings. The van der Waals surface area contributed by atoms with Crippen LogP contribution in [-0.4, -0.2) is 21.0 Å². The summed E-state index contributed by atoms with van der Waals surface area (Å²) < 4.78 is 0. The van der Waals surface area contributed by atoms with E-state index in [1.807, 2.05) is 0 Å². The van der Waals surface area contributed by atoms with Gasteiger partial charge in [0.15, 0.2) is 0 Å². The highest BCUT2D eigenvalue weighted by Crippen LogP contribution is 2.17. The van der Waals surface area contributed by atoms with Gasteiger partial charge in [0.05, 0.1) is 4.92 Å². The molecule has 0 bridgehead atoms.